The second kappa shape index (κ2) is 8.51. The van der Waals surface area contributed by atoms with Crippen molar-refractivity contribution in [3.63, 3.8) is 0 Å². The molecule has 0 saturated carbocycles. The lowest BCUT2D eigenvalue weighted by atomic mass is 10.1. The molecule has 2 aromatic carbocycles. The second-order valence-electron chi connectivity index (χ2n) is 6.61. The minimum atomic E-state index is -1.04. The number of rotatable bonds is 5. The number of nitrogens with zero attached hydrogens (tertiary/aromatic N) is 1. The van der Waals surface area contributed by atoms with Crippen LogP contribution in [-0.4, -0.2) is 47.0 Å². The predicted octanol–water partition coefficient (Wildman–Crippen LogP) is 2.49. The van der Waals surface area contributed by atoms with Gasteiger partial charge in [0.05, 0.1) is 12.0 Å². The lowest BCUT2D eigenvalue weighted by molar-refractivity contribution is -0.129. The molecular weight excluding hydrogens is 365 g/mol. The Morgan fingerprint density at radius 2 is 1.89 bits per heavy atom. The molecule has 3 amide bonds. The molecule has 0 aromatic heterocycles. The number of hydrogen-bond acceptors (Lipinski definition) is 3. The van der Waals surface area contributed by atoms with E-state index < -0.39 is 12.0 Å². The molecule has 8 heteroatoms. The van der Waals surface area contributed by atoms with Gasteiger partial charge >= 0.3 is 12.0 Å². The van der Waals surface area contributed by atoms with Crippen molar-refractivity contribution >= 4 is 23.6 Å². The van der Waals surface area contributed by atoms with Crippen LogP contribution in [0.1, 0.15) is 22.3 Å². The molecule has 2 aromatic rings. The Morgan fingerprint density at radius 1 is 1.14 bits per heavy atom. The molecule has 0 bridgehead atoms. The number of hydrogen-bond donors (Lipinski definition) is 3. The predicted molar refractivity (Wildman–Crippen MR) is 101 cm³/mol. The fraction of sp³-hybridized carbons (Fsp3) is 0.250. The maximum atomic E-state index is 12.9. The van der Waals surface area contributed by atoms with Gasteiger partial charge in [0, 0.05) is 24.8 Å². The Kier molecular flexibility index (Phi) is 5.88. The summed E-state index contributed by atoms with van der Waals surface area (Å²) in [5.41, 5.74) is 1.25. The SMILES string of the molecule is O=C(Nc1ccc(F)cc1)NC1CCN(C(=O)Cc2cccc(C(=O)O)c2)C1. The van der Waals surface area contributed by atoms with E-state index in [2.05, 4.69) is 10.6 Å². The summed E-state index contributed by atoms with van der Waals surface area (Å²) in [6.07, 6.45) is 0.730. The normalized spacial score (nSPS) is 15.9. The smallest absolute Gasteiger partial charge is 0.335 e. The zero-order valence-electron chi connectivity index (χ0n) is 15.0. The number of nitrogens with one attached hydrogen (secondary N) is 2. The van der Waals surface area contributed by atoms with Gasteiger partial charge in [0.1, 0.15) is 5.82 Å². The van der Waals surface area contributed by atoms with Crippen molar-refractivity contribution in [1.29, 1.82) is 0 Å². The highest BCUT2D eigenvalue weighted by atomic mass is 19.1. The third kappa shape index (κ3) is 5.06. The van der Waals surface area contributed by atoms with E-state index in [0.717, 1.165) is 0 Å². The summed E-state index contributed by atoms with van der Waals surface area (Å²) in [5, 5.41) is 14.5. The molecule has 1 heterocycles. The van der Waals surface area contributed by atoms with Crippen LogP contribution in [0.15, 0.2) is 48.5 Å². The van der Waals surface area contributed by atoms with E-state index in [1.165, 1.54) is 36.4 Å². The monoisotopic (exact) mass is 385 g/mol. The molecule has 0 radical (unpaired) electrons. The molecule has 1 aliphatic rings. The highest BCUT2D eigenvalue weighted by Crippen LogP contribution is 2.14. The first-order valence-electron chi connectivity index (χ1n) is 8.84. The number of aromatic carboxylic acids is 1. The molecule has 1 unspecified atom stereocenters. The largest absolute Gasteiger partial charge is 0.478 e. The van der Waals surface area contributed by atoms with Crippen LogP contribution < -0.4 is 10.6 Å². The fourth-order valence-corrected chi connectivity index (χ4v) is 3.09. The number of carboxylic acids is 1. The molecular formula is C20H20FN3O4. The van der Waals surface area contributed by atoms with Crippen molar-refractivity contribution in [1.82, 2.24) is 10.2 Å². The molecule has 0 spiro atoms. The minimum Gasteiger partial charge on any atom is -0.478 e. The van der Waals surface area contributed by atoms with E-state index in [9.17, 15) is 18.8 Å². The van der Waals surface area contributed by atoms with Gasteiger partial charge in [-0.2, -0.15) is 0 Å². The van der Waals surface area contributed by atoms with Crippen LogP contribution >= 0.6 is 0 Å². The molecule has 3 rings (SSSR count). The van der Waals surface area contributed by atoms with Gasteiger partial charge in [-0.15, -0.1) is 0 Å². The first-order valence-corrected chi connectivity index (χ1v) is 8.84. The Labute approximate surface area is 161 Å². The van der Waals surface area contributed by atoms with Gasteiger partial charge < -0.3 is 20.6 Å². The average molecular weight is 385 g/mol. The van der Waals surface area contributed by atoms with Gasteiger partial charge in [-0.05, 0) is 48.4 Å². The van der Waals surface area contributed by atoms with Crippen LogP contribution in [0.3, 0.4) is 0 Å². The van der Waals surface area contributed by atoms with Crippen LogP contribution in [0, 0.1) is 5.82 Å². The van der Waals surface area contributed by atoms with E-state index in [-0.39, 0.29) is 29.8 Å². The van der Waals surface area contributed by atoms with E-state index in [1.54, 1.807) is 17.0 Å². The molecule has 1 aliphatic heterocycles. The Morgan fingerprint density at radius 3 is 2.61 bits per heavy atom. The van der Waals surface area contributed by atoms with E-state index in [1.807, 2.05) is 0 Å². The summed E-state index contributed by atoms with van der Waals surface area (Å²) in [6.45, 7) is 0.896. The van der Waals surface area contributed by atoms with Gasteiger partial charge in [-0.25, -0.2) is 14.0 Å². The summed E-state index contributed by atoms with van der Waals surface area (Å²) >= 11 is 0. The third-order valence-electron chi connectivity index (χ3n) is 4.51. The first-order chi connectivity index (χ1) is 13.4. The number of likely N-dealkylation sites (tertiary alicyclic amines) is 1. The lowest BCUT2D eigenvalue weighted by Gasteiger charge is -2.17. The molecule has 1 saturated heterocycles. The number of carbonyl (C=O) groups is 3. The van der Waals surface area contributed by atoms with Crippen LogP contribution in [0.4, 0.5) is 14.9 Å². The second-order valence-corrected chi connectivity index (χ2v) is 6.61. The number of urea groups is 1. The van der Waals surface area contributed by atoms with Gasteiger partial charge in [-0.1, -0.05) is 12.1 Å². The number of anilines is 1. The highest BCUT2D eigenvalue weighted by Gasteiger charge is 2.27. The van der Waals surface area contributed by atoms with E-state index >= 15 is 0 Å². The van der Waals surface area contributed by atoms with Crippen LogP contribution in [-0.2, 0) is 11.2 Å². The minimum absolute atomic E-state index is 0.107. The van der Waals surface area contributed by atoms with Gasteiger partial charge in [0.15, 0.2) is 0 Å². The van der Waals surface area contributed by atoms with Crippen molar-refractivity contribution in [2.45, 2.75) is 18.9 Å². The molecule has 1 atom stereocenters. The molecule has 28 heavy (non-hydrogen) atoms. The van der Waals surface area contributed by atoms with Crippen molar-refractivity contribution in [3.8, 4) is 0 Å². The maximum Gasteiger partial charge on any atom is 0.335 e. The zero-order valence-corrected chi connectivity index (χ0v) is 15.0. The van der Waals surface area contributed by atoms with Crippen molar-refractivity contribution in [2.24, 2.45) is 0 Å². The lowest BCUT2D eigenvalue weighted by Crippen LogP contribution is -2.40. The number of carbonyl (C=O) groups excluding carboxylic acids is 2. The molecule has 0 aliphatic carbocycles. The Bertz CT molecular complexity index is 885. The summed E-state index contributed by atoms with van der Waals surface area (Å²) < 4.78 is 12.9. The summed E-state index contributed by atoms with van der Waals surface area (Å²) in [7, 11) is 0. The highest BCUT2D eigenvalue weighted by molar-refractivity contribution is 5.90. The average Bonchev–Trinajstić information content (AvgIpc) is 3.12. The summed E-state index contributed by atoms with van der Waals surface area (Å²) in [4.78, 5) is 37.2. The first kappa shape index (κ1) is 19.3. The van der Waals surface area contributed by atoms with Crippen LogP contribution in [0.2, 0.25) is 0 Å². The molecule has 3 N–H and O–H groups in total. The Hall–Kier alpha value is -3.42. The molecule has 1 fully saturated rings. The standard InChI is InChI=1S/C20H20FN3O4/c21-15-4-6-16(7-5-15)22-20(28)23-17-8-9-24(12-17)18(25)11-13-2-1-3-14(10-13)19(26)27/h1-7,10,17H,8-9,11-12H2,(H,26,27)(H2,22,23,28). The topological polar surface area (TPSA) is 98.7 Å². The summed E-state index contributed by atoms with van der Waals surface area (Å²) in [5.74, 6) is -1.54. The summed E-state index contributed by atoms with van der Waals surface area (Å²) in [6, 6.07) is 11.1. The van der Waals surface area contributed by atoms with Crippen LogP contribution in [0.25, 0.3) is 0 Å². The van der Waals surface area contributed by atoms with Gasteiger partial charge in [0.25, 0.3) is 0 Å². The molecule has 146 valence electrons. The number of amides is 3. The molecule has 7 nitrogen and oxygen atoms in total. The van der Waals surface area contributed by atoms with E-state index in [0.29, 0.717) is 30.8 Å². The zero-order chi connectivity index (χ0) is 20.1. The van der Waals surface area contributed by atoms with E-state index in [4.69, 9.17) is 5.11 Å². The number of benzene rings is 2. The van der Waals surface area contributed by atoms with Crippen molar-refractivity contribution < 1.29 is 23.9 Å². The maximum absolute atomic E-state index is 12.9. The quantitative estimate of drug-likeness (QED) is 0.736. The van der Waals surface area contributed by atoms with Gasteiger partial charge in [-0.3, -0.25) is 4.79 Å². The van der Waals surface area contributed by atoms with Crippen molar-refractivity contribution in [3.05, 3.63) is 65.5 Å². The van der Waals surface area contributed by atoms with Crippen molar-refractivity contribution in [2.75, 3.05) is 18.4 Å². The van der Waals surface area contributed by atoms with Crippen LogP contribution in [0.5, 0.6) is 0 Å². The Balaban J connectivity index is 1.49. The number of halogens is 1. The number of carboxylic acid groups (broad SMARTS) is 1. The van der Waals surface area contributed by atoms with Gasteiger partial charge in [0.2, 0.25) is 5.91 Å². The fourth-order valence-electron chi connectivity index (χ4n) is 3.09. The third-order valence-corrected chi connectivity index (χ3v) is 4.51.